The normalized spacial score (nSPS) is 11.9. The summed E-state index contributed by atoms with van der Waals surface area (Å²) in [4.78, 5) is 25.5. The Morgan fingerprint density at radius 3 is 2.83 bits per heavy atom. The molecule has 1 unspecified atom stereocenters. The first kappa shape index (κ1) is 14.7. The minimum absolute atomic E-state index is 0.0635. The van der Waals surface area contributed by atoms with E-state index in [9.17, 15) is 9.59 Å². The largest absolute Gasteiger partial charge is 0.354 e. The summed E-state index contributed by atoms with van der Waals surface area (Å²) in [7, 11) is 1.62. The van der Waals surface area contributed by atoms with E-state index in [2.05, 4.69) is 5.32 Å². The van der Waals surface area contributed by atoms with Gasteiger partial charge in [0.1, 0.15) is 0 Å². The number of nitrogens with two attached hydrogens (primary N) is 1. The SMILES string of the molecule is CC(CN)CNC(=O)CN(C)C(=O)c1cccs1. The second-order valence-electron chi connectivity index (χ2n) is 4.28. The van der Waals surface area contributed by atoms with Crippen LogP contribution in [-0.4, -0.2) is 43.4 Å². The topological polar surface area (TPSA) is 75.4 Å². The van der Waals surface area contributed by atoms with Crippen LogP contribution in [0, 0.1) is 5.92 Å². The lowest BCUT2D eigenvalue weighted by molar-refractivity contribution is -0.121. The number of nitrogens with zero attached hydrogens (tertiary/aromatic N) is 1. The summed E-state index contributed by atoms with van der Waals surface area (Å²) in [6, 6.07) is 3.56. The third-order valence-electron chi connectivity index (χ3n) is 2.51. The lowest BCUT2D eigenvalue weighted by atomic mass is 10.2. The van der Waals surface area contributed by atoms with Crippen molar-refractivity contribution in [3.05, 3.63) is 22.4 Å². The van der Waals surface area contributed by atoms with Crippen LogP contribution in [-0.2, 0) is 4.79 Å². The summed E-state index contributed by atoms with van der Waals surface area (Å²) in [5.74, 6) is -0.0537. The van der Waals surface area contributed by atoms with E-state index in [1.807, 2.05) is 18.4 Å². The Bertz CT molecular complexity index is 392. The Morgan fingerprint density at radius 1 is 1.56 bits per heavy atom. The molecule has 3 N–H and O–H groups in total. The average Bonchev–Trinajstić information content (AvgIpc) is 2.88. The highest BCUT2D eigenvalue weighted by Gasteiger charge is 2.15. The van der Waals surface area contributed by atoms with Crippen molar-refractivity contribution in [2.24, 2.45) is 11.7 Å². The van der Waals surface area contributed by atoms with Crippen LogP contribution in [0.5, 0.6) is 0 Å². The molecule has 1 atom stereocenters. The van der Waals surface area contributed by atoms with Gasteiger partial charge in [0.2, 0.25) is 5.91 Å². The van der Waals surface area contributed by atoms with Gasteiger partial charge in [-0.25, -0.2) is 0 Å². The van der Waals surface area contributed by atoms with Crippen molar-refractivity contribution in [2.75, 3.05) is 26.7 Å². The second-order valence-corrected chi connectivity index (χ2v) is 5.23. The molecule has 0 spiro atoms. The first-order chi connectivity index (χ1) is 8.54. The predicted octanol–water partition coefficient (Wildman–Crippen LogP) is 0.531. The van der Waals surface area contributed by atoms with E-state index >= 15 is 0 Å². The molecule has 100 valence electrons. The zero-order valence-electron chi connectivity index (χ0n) is 10.7. The highest BCUT2D eigenvalue weighted by atomic mass is 32.1. The van der Waals surface area contributed by atoms with E-state index in [-0.39, 0.29) is 24.3 Å². The monoisotopic (exact) mass is 269 g/mol. The molecule has 0 aliphatic carbocycles. The average molecular weight is 269 g/mol. The summed E-state index contributed by atoms with van der Waals surface area (Å²) in [6.07, 6.45) is 0. The van der Waals surface area contributed by atoms with Gasteiger partial charge < -0.3 is 16.0 Å². The molecule has 1 aromatic heterocycles. The summed E-state index contributed by atoms with van der Waals surface area (Å²) in [6.45, 7) is 3.09. The van der Waals surface area contributed by atoms with Gasteiger partial charge in [-0.2, -0.15) is 0 Å². The maximum atomic E-state index is 11.9. The number of amides is 2. The number of likely N-dealkylation sites (N-methyl/N-ethyl adjacent to an activating group) is 1. The third kappa shape index (κ3) is 4.46. The number of hydrogen-bond acceptors (Lipinski definition) is 4. The fraction of sp³-hybridized carbons (Fsp3) is 0.500. The van der Waals surface area contributed by atoms with Crippen LogP contribution < -0.4 is 11.1 Å². The van der Waals surface area contributed by atoms with Crippen molar-refractivity contribution in [1.82, 2.24) is 10.2 Å². The smallest absolute Gasteiger partial charge is 0.264 e. The van der Waals surface area contributed by atoms with Crippen LogP contribution in [0.25, 0.3) is 0 Å². The summed E-state index contributed by atoms with van der Waals surface area (Å²) in [5.41, 5.74) is 5.46. The molecule has 6 heteroatoms. The number of nitrogens with one attached hydrogen (secondary N) is 1. The molecule has 0 saturated heterocycles. The lowest BCUT2D eigenvalue weighted by Crippen LogP contribution is -2.40. The van der Waals surface area contributed by atoms with Crippen molar-refractivity contribution in [3.8, 4) is 0 Å². The van der Waals surface area contributed by atoms with Crippen LogP contribution in [0.2, 0.25) is 0 Å². The molecule has 0 fully saturated rings. The van der Waals surface area contributed by atoms with Crippen LogP contribution in [0.4, 0.5) is 0 Å². The number of thiophene rings is 1. The molecule has 1 rings (SSSR count). The molecule has 1 heterocycles. The van der Waals surface area contributed by atoms with Crippen LogP contribution >= 0.6 is 11.3 Å². The fourth-order valence-electron chi connectivity index (χ4n) is 1.30. The van der Waals surface area contributed by atoms with Crippen molar-refractivity contribution < 1.29 is 9.59 Å². The summed E-state index contributed by atoms with van der Waals surface area (Å²) in [5, 5.41) is 4.59. The quantitative estimate of drug-likeness (QED) is 0.791. The van der Waals surface area contributed by atoms with E-state index in [4.69, 9.17) is 5.73 Å². The van der Waals surface area contributed by atoms with Crippen LogP contribution in [0.15, 0.2) is 17.5 Å². The zero-order valence-corrected chi connectivity index (χ0v) is 11.5. The fourth-order valence-corrected chi connectivity index (χ4v) is 2.02. The Labute approximate surface area is 111 Å². The van der Waals surface area contributed by atoms with Crippen molar-refractivity contribution >= 4 is 23.2 Å². The van der Waals surface area contributed by atoms with Gasteiger partial charge in [0.15, 0.2) is 0 Å². The molecule has 0 saturated carbocycles. The lowest BCUT2D eigenvalue weighted by Gasteiger charge is -2.17. The van der Waals surface area contributed by atoms with Gasteiger partial charge in [0.05, 0.1) is 11.4 Å². The molecular formula is C12H19N3O2S. The minimum Gasteiger partial charge on any atom is -0.354 e. The van der Waals surface area contributed by atoms with E-state index in [1.54, 1.807) is 13.1 Å². The highest BCUT2D eigenvalue weighted by Crippen LogP contribution is 2.10. The van der Waals surface area contributed by atoms with E-state index in [1.165, 1.54) is 16.2 Å². The van der Waals surface area contributed by atoms with Gasteiger partial charge in [-0.15, -0.1) is 11.3 Å². The molecule has 2 amide bonds. The molecule has 0 aromatic carbocycles. The van der Waals surface area contributed by atoms with Gasteiger partial charge >= 0.3 is 0 Å². The van der Waals surface area contributed by atoms with Crippen molar-refractivity contribution in [3.63, 3.8) is 0 Å². The van der Waals surface area contributed by atoms with Gasteiger partial charge in [-0.1, -0.05) is 13.0 Å². The standard InChI is InChI=1S/C12H19N3O2S/c1-9(6-13)7-14-11(16)8-15(2)12(17)10-4-3-5-18-10/h3-5,9H,6-8,13H2,1-2H3,(H,14,16). The number of rotatable bonds is 6. The maximum absolute atomic E-state index is 11.9. The Kier molecular flexibility index (Phi) is 5.80. The Hall–Kier alpha value is -1.40. The van der Waals surface area contributed by atoms with Crippen molar-refractivity contribution in [1.29, 1.82) is 0 Å². The van der Waals surface area contributed by atoms with E-state index in [0.717, 1.165) is 0 Å². The zero-order chi connectivity index (χ0) is 13.5. The number of hydrogen-bond donors (Lipinski definition) is 2. The molecule has 0 aliphatic heterocycles. The van der Waals surface area contributed by atoms with Crippen LogP contribution in [0.1, 0.15) is 16.6 Å². The van der Waals surface area contributed by atoms with Gasteiger partial charge in [-0.3, -0.25) is 9.59 Å². The highest BCUT2D eigenvalue weighted by molar-refractivity contribution is 7.12. The maximum Gasteiger partial charge on any atom is 0.264 e. The molecule has 1 aromatic rings. The Morgan fingerprint density at radius 2 is 2.28 bits per heavy atom. The number of carbonyl (C=O) groups excluding carboxylic acids is 2. The number of carbonyl (C=O) groups is 2. The molecule has 5 nitrogen and oxygen atoms in total. The van der Waals surface area contributed by atoms with Gasteiger partial charge in [0, 0.05) is 13.6 Å². The molecule has 0 radical (unpaired) electrons. The predicted molar refractivity (Wildman–Crippen MR) is 72.5 cm³/mol. The molecule has 0 aliphatic rings. The molecule has 0 bridgehead atoms. The molecular weight excluding hydrogens is 250 g/mol. The second kappa shape index (κ2) is 7.13. The van der Waals surface area contributed by atoms with Gasteiger partial charge in [0.25, 0.3) is 5.91 Å². The summed E-state index contributed by atoms with van der Waals surface area (Å²) >= 11 is 1.37. The summed E-state index contributed by atoms with van der Waals surface area (Å²) < 4.78 is 0. The van der Waals surface area contributed by atoms with E-state index in [0.29, 0.717) is 18.0 Å². The minimum atomic E-state index is -0.164. The molecule has 18 heavy (non-hydrogen) atoms. The Balaban J connectivity index is 2.38. The van der Waals surface area contributed by atoms with Crippen LogP contribution in [0.3, 0.4) is 0 Å². The van der Waals surface area contributed by atoms with E-state index < -0.39 is 0 Å². The first-order valence-electron chi connectivity index (χ1n) is 5.80. The third-order valence-corrected chi connectivity index (χ3v) is 3.37. The first-order valence-corrected chi connectivity index (χ1v) is 6.68. The van der Waals surface area contributed by atoms with Crippen molar-refractivity contribution in [2.45, 2.75) is 6.92 Å². The van der Waals surface area contributed by atoms with Gasteiger partial charge in [-0.05, 0) is 23.9 Å².